The molecule has 1 aromatic rings. The molecule has 0 aliphatic carbocycles. The van der Waals surface area contributed by atoms with Crippen LogP contribution in [0.5, 0.6) is 0 Å². The summed E-state index contributed by atoms with van der Waals surface area (Å²) in [7, 11) is 2.64. The number of methoxy groups -OCH3 is 2. The number of benzene rings is 1. The Kier molecular flexibility index (Phi) is 4.38. The van der Waals surface area contributed by atoms with Crippen molar-refractivity contribution < 1.29 is 18.7 Å². The van der Waals surface area contributed by atoms with Crippen LogP contribution in [-0.2, 0) is 9.47 Å². The van der Waals surface area contributed by atoms with E-state index in [9.17, 15) is 9.18 Å². The van der Waals surface area contributed by atoms with Gasteiger partial charge in [0, 0.05) is 18.7 Å². The zero-order chi connectivity index (χ0) is 11.4. The first kappa shape index (κ1) is 12.3. The van der Waals surface area contributed by atoms with E-state index in [1.807, 2.05) is 0 Å². The van der Waals surface area contributed by atoms with Crippen LogP contribution in [0.25, 0.3) is 0 Å². The molecule has 0 amide bonds. The van der Waals surface area contributed by atoms with Gasteiger partial charge < -0.3 is 9.47 Å². The number of Topliss-reactive ketones (excluding diaryl/α,β-unsaturated/α-hetero) is 1. The summed E-state index contributed by atoms with van der Waals surface area (Å²) in [4.78, 5) is 11.7. The second kappa shape index (κ2) is 5.34. The van der Waals surface area contributed by atoms with Gasteiger partial charge in [-0.25, -0.2) is 4.39 Å². The fraction of sp³-hybridized carbons (Fsp3) is 0.300. The van der Waals surface area contributed by atoms with Crippen LogP contribution in [-0.4, -0.2) is 26.3 Å². The first-order valence-corrected chi connectivity index (χ1v) is 4.94. The van der Waals surface area contributed by atoms with Gasteiger partial charge in [-0.05, 0) is 18.2 Å². The highest BCUT2D eigenvalue weighted by molar-refractivity contribution is 9.10. The molecule has 0 bridgehead atoms. The molecule has 0 saturated carbocycles. The van der Waals surface area contributed by atoms with E-state index in [2.05, 4.69) is 15.9 Å². The van der Waals surface area contributed by atoms with Gasteiger partial charge in [0.25, 0.3) is 0 Å². The molecule has 0 N–H and O–H groups in total. The van der Waals surface area contributed by atoms with Crippen molar-refractivity contribution >= 4 is 21.7 Å². The van der Waals surface area contributed by atoms with E-state index in [0.29, 0.717) is 4.47 Å². The topological polar surface area (TPSA) is 35.5 Å². The highest BCUT2D eigenvalue weighted by Crippen LogP contribution is 2.17. The molecule has 0 saturated heterocycles. The third kappa shape index (κ3) is 2.84. The van der Waals surface area contributed by atoms with Gasteiger partial charge in [-0.3, -0.25) is 4.79 Å². The van der Waals surface area contributed by atoms with Crippen molar-refractivity contribution in [1.82, 2.24) is 0 Å². The lowest BCUT2D eigenvalue weighted by Crippen LogP contribution is -2.25. The highest BCUT2D eigenvalue weighted by atomic mass is 79.9. The summed E-state index contributed by atoms with van der Waals surface area (Å²) in [6, 6.07) is 4.11. The Bertz CT molecular complexity index is 364. The molecule has 0 radical (unpaired) electrons. The smallest absolute Gasteiger partial charge is 0.222 e. The Morgan fingerprint density at radius 3 is 2.53 bits per heavy atom. The van der Waals surface area contributed by atoms with Gasteiger partial charge in [-0.1, -0.05) is 15.9 Å². The van der Waals surface area contributed by atoms with Crippen LogP contribution in [0.2, 0.25) is 0 Å². The summed E-state index contributed by atoms with van der Waals surface area (Å²) in [6.07, 6.45) is -1.08. The molecule has 0 atom stereocenters. The molecular formula is C10H10BrFO3. The molecule has 0 aliphatic heterocycles. The Morgan fingerprint density at radius 2 is 2.00 bits per heavy atom. The number of halogens is 2. The average molecular weight is 277 g/mol. The molecule has 0 aromatic heterocycles. The number of ketones is 1. The summed E-state index contributed by atoms with van der Waals surface area (Å²) in [6.45, 7) is 0. The number of carbonyl (C=O) groups excluding carboxylic acids is 1. The SMILES string of the molecule is COC(OC)C(=O)c1cc(Br)ccc1F. The lowest BCUT2D eigenvalue weighted by Gasteiger charge is -2.12. The largest absolute Gasteiger partial charge is 0.349 e. The predicted molar refractivity (Wildman–Crippen MR) is 56.2 cm³/mol. The van der Waals surface area contributed by atoms with E-state index in [4.69, 9.17) is 9.47 Å². The first-order valence-electron chi connectivity index (χ1n) is 4.15. The fourth-order valence-electron chi connectivity index (χ4n) is 1.12. The van der Waals surface area contributed by atoms with Crippen LogP contribution in [0, 0.1) is 5.82 Å². The molecule has 0 spiro atoms. The summed E-state index contributed by atoms with van der Waals surface area (Å²) in [5.74, 6) is -1.14. The van der Waals surface area contributed by atoms with Crippen molar-refractivity contribution in [3.8, 4) is 0 Å². The number of hydrogen-bond donors (Lipinski definition) is 0. The van der Waals surface area contributed by atoms with E-state index in [1.165, 1.54) is 32.4 Å². The molecule has 0 heterocycles. The average Bonchev–Trinajstić information content (AvgIpc) is 2.23. The highest BCUT2D eigenvalue weighted by Gasteiger charge is 2.22. The number of rotatable bonds is 4. The van der Waals surface area contributed by atoms with Gasteiger partial charge in [0.2, 0.25) is 12.1 Å². The molecule has 1 aromatic carbocycles. The minimum atomic E-state index is -1.08. The minimum absolute atomic E-state index is 0.0573. The molecule has 0 unspecified atom stereocenters. The van der Waals surface area contributed by atoms with Crippen LogP contribution >= 0.6 is 15.9 Å². The van der Waals surface area contributed by atoms with Gasteiger partial charge in [-0.15, -0.1) is 0 Å². The van der Waals surface area contributed by atoms with Gasteiger partial charge >= 0.3 is 0 Å². The van der Waals surface area contributed by atoms with E-state index in [0.717, 1.165) is 0 Å². The van der Waals surface area contributed by atoms with E-state index < -0.39 is 17.9 Å². The molecule has 82 valence electrons. The Labute approximate surface area is 95.3 Å². The third-order valence-electron chi connectivity index (χ3n) is 1.84. The molecule has 0 aliphatic rings. The summed E-state index contributed by atoms with van der Waals surface area (Å²) in [5.41, 5.74) is -0.0573. The maximum Gasteiger partial charge on any atom is 0.222 e. The third-order valence-corrected chi connectivity index (χ3v) is 2.33. The standard InChI is InChI=1S/C10H10BrFO3/c1-14-10(15-2)9(13)7-5-6(11)3-4-8(7)12/h3-5,10H,1-2H3. The number of ether oxygens (including phenoxy) is 2. The predicted octanol–water partition coefficient (Wildman–Crippen LogP) is 2.39. The van der Waals surface area contributed by atoms with Gasteiger partial charge in [0.05, 0.1) is 5.56 Å². The number of carbonyl (C=O) groups is 1. The zero-order valence-corrected chi connectivity index (χ0v) is 9.88. The molecule has 0 fully saturated rings. The maximum atomic E-state index is 13.3. The Balaban J connectivity index is 3.04. The van der Waals surface area contributed by atoms with E-state index in [1.54, 1.807) is 0 Å². The van der Waals surface area contributed by atoms with Crippen LogP contribution in [0.1, 0.15) is 10.4 Å². The van der Waals surface area contributed by atoms with Gasteiger partial charge in [0.1, 0.15) is 5.82 Å². The Morgan fingerprint density at radius 1 is 1.40 bits per heavy atom. The summed E-state index contributed by atoms with van der Waals surface area (Å²) in [5, 5.41) is 0. The second-order valence-electron chi connectivity index (χ2n) is 2.79. The maximum absolute atomic E-state index is 13.3. The van der Waals surface area contributed by atoms with Gasteiger partial charge in [-0.2, -0.15) is 0 Å². The fourth-order valence-corrected chi connectivity index (χ4v) is 1.48. The zero-order valence-electron chi connectivity index (χ0n) is 8.29. The minimum Gasteiger partial charge on any atom is -0.349 e. The number of hydrogen-bond acceptors (Lipinski definition) is 3. The van der Waals surface area contributed by atoms with Crippen molar-refractivity contribution in [3.05, 3.63) is 34.1 Å². The molecule has 1 rings (SSSR count). The van der Waals surface area contributed by atoms with Gasteiger partial charge in [0.15, 0.2) is 0 Å². The van der Waals surface area contributed by atoms with Crippen molar-refractivity contribution in [2.45, 2.75) is 6.29 Å². The van der Waals surface area contributed by atoms with Crippen molar-refractivity contribution in [3.63, 3.8) is 0 Å². The first-order chi connectivity index (χ1) is 7.10. The van der Waals surface area contributed by atoms with Crippen molar-refractivity contribution in [1.29, 1.82) is 0 Å². The lowest BCUT2D eigenvalue weighted by molar-refractivity contribution is -0.0743. The molecular weight excluding hydrogens is 267 g/mol. The Hall–Kier alpha value is -0.780. The van der Waals surface area contributed by atoms with Crippen LogP contribution in [0.3, 0.4) is 0 Å². The molecule has 5 heteroatoms. The normalized spacial score (nSPS) is 10.7. The van der Waals surface area contributed by atoms with Crippen molar-refractivity contribution in [2.75, 3.05) is 14.2 Å². The molecule has 3 nitrogen and oxygen atoms in total. The van der Waals surface area contributed by atoms with E-state index in [-0.39, 0.29) is 5.56 Å². The summed E-state index contributed by atoms with van der Waals surface area (Å²) < 4.78 is 23.4. The van der Waals surface area contributed by atoms with Crippen LogP contribution in [0.4, 0.5) is 4.39 Å². The quantitative estimate of drug-likeness (QED) is 0.626. The second-order valence-corrected chi connectivity index (χ2v) is 3.71. The van der Waals surface area contributed by atoms with E-state index >= 15 is 0 Å². The molecule has 15 heavy (non-hydrogen) atoms. The monoisotopic (exact) mass is 276 g/mol. The lowest BCUT2D eigenvalue weighted by atomic mass is 10.1. The summed E-state index contributed by atoms with van der Waals surface area (Å²) >= 11 is 3.16. The van der Waals surface area contributed by atoms with Crippen LogP contribution in [0.15, 0.2) is 22.7 Å². The van der Waals surface area contributed by atoms with Crippen LogP contribution < -0.4 is 0 Å². The van der Waals surface area contributed by atoms with Crippen molar-refractivity contribution in [2.24, 2.45) is 0 Å².